The molecule has 2 saturated carbocycles. The van der Waals surface area contributed by atoms with Crippen LogP contribution in [0.3, 0.4) is 0 Å². The van der Waals surface area contributed by atoms with Crippen LogP contribution in [0.15, 0.2) is 24.3 Å². The van der Waals surface area contributed by atoms with Crippen molar-refractivity contribution in [3.05, 3.63) is 24.3 Å². The SMILES string of the molecule is CCOC(=O)COc1cccc(NC(=O)[C@@H]2C[C@@H]3CC[C@@H]2C3)c1. The van der Waals surface area contributed by atoms with Crippen LogP contribution in [0.25, 0.3) is 0 Å². The minimum absolute atomic E-state index is 0.111. The number of anilines is 1. The van der Waals surface area contributed by atoms with Crippen molar-refractivity contribution in [1.82, 2.24) is 0 Å². The molecule has 0 radical (unpaired) electrons. The Labute approximate surface area is 136 Å². The molecular weight excluding hydrogens is 294 g/mol. The molecule has 1 N–H and O–H groups in total. The average molecular weight is 317 g/mol. The molecule has 2 bridgehead atoms. The smallest absolute Gasteiger partial charge is 0.344 e. The molecule has 3 atom stereocenters. The van der Waals surface area contributed by atoms with Crippen LogP contribution >= 0.6 is 0 Å². The van der Waals surface area contributed by atoms with Crippen LogP contribution in [0.5, 0.6) is 5.75 Å². The fourth-order valence-electron chi connectivity index (χ4n) is 3.81. The van der Waals surface area contributed by atoms with E-state index < -0.39 is 5.97 Å². The number of nitrogens with one attached hydrogen (secondary N) is 1. The highest BCUT2D eigenvalue weighted by Gasteiger charge is 2.42. The van der Waals surface area contributed by atoms with E-state index in [1.54, 1.807) is 25.1 Å². The van der Waals surface area contributed by atoms with Gasteiger partial charge in [-0.3, -0.25) is 4.79 Å². The van der Waals surface area contributed by atoms with Crippen LogP contribution in [-0.2, 0) is 14.3 Å². The van der Waals surface area contributed by atoms with E-state index >= 15 is 0 Å². The van der Waals surface area contributed by atoms with Gasteiger partial charge in [-0.05, 0) is 50.2 Å². The fraction of sp³-hybridized carbons (Fsp3) is 0.556. The summed E-state index contributed by atoms with van der Waals surface area (Å²) in [6, 6.07) is 7.13. The molecule has 2 fully saturated rings. The van der Waals surface area contributed by atoms with Gasteiger partial charge in [-0.2, -0.15) is 0 Å². The number of hydrogen-bond acceptors (Lipinski definition) is 4. The molecule has 0 spiro atoms. The molecule has 5 heteroatoms. The van der Waals surface area contributed by atoms with Crippen LogP contribution < -0.4 is 10.1 Å². The predicted octanol–water partition coefficient (Wildman–Crippen LogP) is 3.00. The molecule has 5 nitrogen and oxygen atoms in total. The van der Waals surface area contributed by atoms with Crippen molar-refractivity contribution in [2.75, 3.05) is 18.5 Å². The number of fused-ring (bicyclic) bond motifs is 2. The molecule has 0 unspecified atom stereocenters. The lowest BCUT2D eigenvalue weighted by molar-refractivity contribution is -0.145. The van der Waals surface area contributed by atoms with E-state index in [0.717, 1.165) is 12.3 Å². The van der Waals surface area contributed by atoms with E-state index in [1.807, 2.05) is 6.07 Å². The minimum Gasteiger partial charge on any atom is -0.482 e. The molecule has 0 aromatic heterocycles. The molecular formula is C18H23NO4. The van der Waals surface area contributed by atoms with Gasteiger partial charge in [-0.1, -0.05) is 12.5 Å². The lowest BCUT2D eigenvalue weighted by atomic mass is 9.88. The Bertz CT molecular complexity index is 586. The quantitative estimate of drug-likeness (QED) is 0.819. The summed E-state index contributed by atoms with van der Waals surface area (Å²) in [5.41, 5.74) is 0.708. The average Bonchev–Trinajstić information content (AvgIpc) is 3.17. The number of carbonyl (C=O) groups excluding carboxylic acids is 2. The van der Waals surface area contributed by atoms with Crippen molar-refractivity contribution in [3.63, 3.8) is 0 Å². The molecule has 23 heavy (non-hydrogen) atoms. The van der Waals surface area contributed by atoms with Crippen LogP contribution in [-0.4, -0.2) is 25.1 Å². The molecule has 124 valence electrons. The molecule has 0 heterocycles. The van der Waals surface area contributed by atoms with E-state index in [2.05, 4.69) is 5.32 Å². The zero-order valence-electron chi connectivity index (χ0n) is 13.4. The van der Waals surface area contributed by atoms with E-state index in [1.165, 1.54) is 19.3 Å². The molecule has 1 amide bonds. The number of hydrogen-bond donors (Lipinski definition) is 1. The first-order chi connectivity index (χ1) is 11.2. The van der Waals surface area contributed by atoms with Gasteiger partial charge in [0, 0.05) is 17.7 Å². The Balaban J connectivity index is 1.55. The number of benzene rings is 1. The Kier molecular flexibility index (Phi) is 4.84. The lowest BCUT2D eigenvalue weighted by Crippen LogP contribution is -2.27. The first-order valence-electron chi connectivity index (χ1n) is 8.35. The maximum Gasteiger partial charge on any atom is 0.344 e. The van der Waals surface area contributed by atoms with Gasteiger partial charge >= 0.3 is 5.97 Å². The number of rotatable bonds is 6. The minimum atomic E-state index is -0.399. The predicted molar refractivity (Wildman–Crippen MR) is 86.1 cm³/mol. The molecule has 1 aromatic rings. The summed E-state index contributed by atoms with van der Waals surface area (Å²) in [7, 11) is 0. The van der Waals surface area contributed by atoms with Gasteiger partial charge in [0.25, 0.3) is 0 Å². The van der Waals surface area contributed by atoms with Gasteiger partial charge in [-0.25, -0.2) is 4.79 Å². The topological polar surface area (TPSA) is 64.6 Å². The number of carbonyl (C=O) groups is 2. The van der Waals surface area contributed by atoms with Crippen molar-refractivity contribution < 1.29 is 19.1 Å². The van der Waals surface area contributed by atoms with E-state index in [4.69, 9.17) is 9.47 Å². The van der Waals surface area contributed by atoms with Gasteiger partial charge < -0.3 is 14.8 Å². The lowest BCUT2D eigenvalue weighted by Gasteiger charge is -2.20. The summed E-state index contributed by atoms with van der Waals surface area (Å²) in [5, 5.41) is 2.99. The van der Waals surface area contributed by atoms with Gasteiger partial charge in [0.15, 0.2) is 6.61 Å². The summed E-state index contributed by atoms with van der Waals surface area (Å²) >= 11 is 0. The molecule has 1 aromatic carbocycles. The standard InChI is InChI=1S/C18H23NO4/c1-2-22-17(20)11-23-15-5-3-4-14(10-15)19-18(21)16-9-12-6-7-13(16)8-12/h3-5,10,12-13,16H,2,6-9,11H2,1H3,(H,19,21)/t12-,13-,16-/m1/s1. The molecule has 3 rings (SSSR count). The van der Waals surface area contributed by atoms with E-state index in [0.29, 0.717) is 24.0 Å². The normalized spacial score (nSPS) is 25.2. The second kappa shape index (κ2) is 7.02. The summed E-state index contributed by atoms with van der Waals surface area (Å²) in [6.07, 6.45) is 4.70. The van der Waals surface area contributed by atoms with Crippen LogP contribution in [0.2, 0.25) is 0 Å². The number of amides is 1. The zero-order valence-corrected chi connectivity index (χ0v) is 13.4. The Morgan fingerprint density at radius 3 is 2.83 bits per heavy atom. The molecule has 0 aliphatic heterocycles. The second-order valence-corrected chi connectivity index (χ2v) is 6.39. The zero-order chi connectivity index (χ0) is 16.2. The van der Waals surface area contributed by atoms with Crippen molar-refractivity contribution in [2.45, 2.75) is 32.6 Å². The highest BCUT2D eigenvalue weighted by molar-refractivity contribution is 5.93. The van der Waals surface area contributed by atoms with Crippen molar-refractivity contribution in [3.8, 4) is 5.75 Å². The van der Waals surface area contributed by atoms with Crippen LogP contribution in [0, 0.1) is 17.8 Å². The van der Waals surface area contributed by atoms with E-state index in [9.17, 15) is 9.59 Å². The summed E-state index contributed by atoms with van der Waals surface area (Å²) < 4.78 is 10.2. The first kappa shape index (κ1) is 15.8. The summed E-state index contributed by atoms with van der Waals surface area (Å²) in [6.45, 7) is 1.96. The van der Waals surface area contributed by atoms with Crippen molar-refractivity contribution >= 4 is 17.6 Å². The third kappa shape index (κ3) is 3.84. The highest BCUT2D eigenvalue weighted by Crippen LogP contribution is 2.48. The Hall–Kier alpha value is -2.04. The monoisotopic (exact) mass is 317 g/mol. The maximum atomic E-state index is 12.4. The largest absolute Gasteiger partial charge is 0.482 e. The van der Waals surface area contributed by atoms with Gasteiger partial charge in [0.1, 0.15) is 5.75 Å². The number of esters is 1. The number of ether oxygens (including phenoxy) is 2. The first-order valence-corrected chi connectivity index (χ1v) is 8.35. The Morgan fingerprint density at radius 1 is 1.26 bits per heavy atom. The van der Waals surface area contributed by atoms with Crippen LogP contribution in [0.1, 0.15) is 32.6 Å². The highest BCUT2D eigenvalue weighted by atomic mass is 16.6. The fourth-order valence-corrected chi connectivity index (χ4v) is 3.81. The third-order valence-electron chi connectivity index (χ3n) is 4.84. The molecule has 2 aliphatic carbocycles. The third-order valence-corrected chi connectivity index (χ3v) is 4.84. The molecule has 0 saturated heterocycles. The summed E-state index contributed by atoms with van der Waals surface area (Å²) in [4.78, 5) is 23.8. The second-order valence-electron chi connectivity index (χ2n) is 6.39. The van der Waals surface area contributed by atoms with Gasteiger partial charge in [0.2, 0.25) is 5.91 Å². The van der Waals surface area contributed by atoms with Crippen LogP contribution in [0.4, 0.5) is 5.69 Å². The molecule has 2 aliphatic rings. The van der Waals surface area contributed by atoms with Crippen molar-refractivity contribution in [2.24, 2.45) is 17.8 Å². The maximum absolute atomic E-state index is 12.4. The van der Waals surface area contributed by atoms with Gasteiger partial charge in [0.05, 0.1) is 6.61 Å². The van der Waals surface area contributed by atoms with Crippen molar-refractivity contribution in [1.29, 1.82) is 0 Å². The van der Waals surface area contributed by atoms with E-state index in [-0.39, 0.29) is 18.4 Å². The Morgan fingerprint density at radius 2 is 2.13 bits per heavy atom. The van der Waals surface area contributed by atoms with Gasteiger partial charge in [-0.15, -0.1) is 0 Å². The summed E-state index contributed by atoms with van der Waals surface area (Å²) in [5.74, 6) is 1.71.